The maximum absolute atomic E-state index is 13.0. The summed E-state index contributed by atoms with van der Waals surface area (Å²) in [4.78, 5) is 22.7. The Bertz CT molecular complexity index is 1190. The zero-order valence-corrected chi connectivity index (χ0v) is 18.3. The van der Waals surface area contributed by atoms with Gasteiger partial charge in [-0.2, -0.15) is 13.2 Å². The summed E-state index contributed by atoms with van der Waals surface area (Å²) in [7, 11) is 0. The molecule has 2 aromatic heterocycles. The number of benzene rings is 1. The maximum Gasteiger partial charge on any atom is 0.416 e. The van der Waals surface area contributed by atoms with Crippen molar-refractivity contribution in [2.24, 2.45) is 0 Å². The molecule has 3 heterocycles. The standard InChI is InChI=1S/C25H26F3N3O2/c26-25(27,28)18-8-4-7-17(13-18)22-10-9-19(33-22)14-31-12-11-21-20(15-31)24(32)30-23(29-21)16-5-2-1-3-6-16/h4,7-10,13,16H,1-3,5-6,11-12,14-15H2,(H,29,30,32). The SMILES string of the molecule is O=c1[nH]c(C2CCCCC2)nc2c1CN(Cc1ccc(-c3cccc(C(F)(F)F)c3)o1)CC2. The van der Waals surface area contributed by atoms with Gasteiger partial charge in [0.05, 0.1) is 23.4 Å². The first kappa shape index (κ1) is 21.9. The second kappa shape index (κ2) is 8.82. The monoisotopic (exact) mass is 457 g/mol. The van der Waals surface area contributed by atoms with Crippen LogP contribution < -0.4 is 5.56 Å². The zero-order valence-electron chi connectivity index (χ0n) is 18.3. The summed E-state index contributed by atoms with van der Waals surface area (Å²) in [6, 6.07) is 8.58. The fourth-order valence-electron chi connectivity index (χ4n) is 4.89. The molecule has 5 rings (SSSR count). The minimum absolute atomic E-state index is 0.0608. The van der Waals surface area contributed by atoms with Gasteiger partial charge in [0.15, 0.2) is 0 Å². The topological polar surface area (TPSA) is 62.1 Å². The molecule has 0 unspecified atom stereocenters. The molecule has 5 nitrogen and oxygen atoms in total. The fourth-order valence-corrected chi connectivity index (χ4v) is 4.89. The lowest BCUT2D eigenvalue weighted by Gasteiger charge is -2.28. The average molecular weight is 457 g/mol. The van der Waals surface area contributed by atoms with E-state index in [1.54, 1.807) is 18.2 Å². The highest BCUT2D eigenvalue weighted by Gasteiger charge is 2.31. The summed E-state index contributed by atoms with van der Waals surface area (Å²) in [5.74, 6) is 2.23. The second-order valence-electron chi connectivity index (χ2n) is 9.02. The highest BCUT2D eigenvalue weighted by molar-refractivity contribution is 5.58. The van der Waals surface area contributed by atoms with Crippen LogP contribution in [0, 0.1) is 0 Å². The Balaban J connectivity index is 1.29. The minimum atomic E-state index is -4.40. The van der Waals surface area contributed by atoms with Crippen molar-refractivity contribution in [2.45, 2.75) is 63.7 Å². The summed E-state index contributed by atoms with van der Waals surface area (Å²) < 4.78 is 44.9. The lowest BCUT2D eigenvalue weighted by atomic mass is 9.88. The second-order valence-corrected chi connectivity index (χ2v) is 9.02. The van der Waals surface area contributed by atoms with Gasteiger partial charge in [0.1, 0.15) is 17.3 Å². The van der Waals surface area contributed by atoms with Crippen LogP contribution >= 0.6 is 0 Å². The van der Waals surface area contributed by atoms with E-state index >= 15 is 0 Å². The number of nitrogens with zero attached hydrogens (tertiary/aromatic N) is 2. The molecular weight excluding hydrogens is 431 g/mol. The number of furan rings is 1. The van der Waals surface area contributed by atoms with E-state index in [1.165, 1.54) is 25.3 Å². The van der Waals surface area contributed by atoms with Crippen LogP contribution in [0.3, 0.4) is 0 Å². The highest BCUT2D eigenvalue weighted by atomic mass is 19.4. The number of alkyl halides is 3. The Morgan fingerprint density at radius 3 is 2.73 bits per heavy atom. The van der Waals surface area contributed by atoms with Crippen molar-refractivity contribution >= 4 is 0 Å². The number of H-pyrrole nitrogens is 1. The van der Waals surface area contributed by atoms with E-state index in [-0.39, 0.29) is 5.56 Å². The molecule has 0 atom stereocenters. The largest absolute Gasteiger partial charge is 0.460 e. The number of hydrogen-bond acceptors (Lipinski definition) is 4. The van der Waals surface area contributed by atoms with Crippen molar-refractivity contribution in [3.05, 3.63) is 75.2 Å². The van der Waals surface area contributed by atoms with Gasteiger partial charge in [-0.25, -0.2) is 4.98 Å². The zero-order chi connectivity index (χ0) is 23.0. The molecule has 1 aromatic carbocycles. The van der Waals surface area contributed by atoms with Crippen molar-refractivity contribution in [1.82, 2.24) is 14.9 Å². The van der Waals surface area contributed by atoms with Crippen molar-refractivity contribution in [3.63, 3.8) is 0 Å². The highest BCUT2D eigenvalue weighted by Crippen LogP contribution is 2.33. The Labute approximate surface area is 189 Å². The van der Waals surface area contributed by atoms with Crippen molar-refractivity contribution in [3.8, 4) is 11.3 Å². The Morgan fingerprint density at radius 2 is 1.94 bits per heavy atom. The van der Waals surface area contributed by atoms with E-state index in [0.29, 0.717) is 48.1 Å². The summed E-state index contributed by atoms with van der Waals surface area (Å²) in [6.07, 6.45) is 2.09. The number of halogens is 3. The molecule has 0 radical (unpaired) electrons. The van der Waals surface area contributed by atoms with Gasteiger partial charge in [0, 0.05) is 31.0 Å². The third kappa shape index (κ3) is 4.76. The first-order valence-electron chi connectivity index (χ1n) is 11.5. The number of nitrogens with one attached hydrogen (secondary N) is 1. The van der Waals surface area contributed by atoms with Crippen LogP contribution in [0.1, 0.15) is 66.4 Å². The van der Waals surface area contributed by atoms with Gasteiger partial charge in [-0.15, -0.1) is 0 Å². The molecule has 0 bridgehead atoms. The van der Waals surface area contributed by atoms with E-state index in [4.69, 9.17) is 9.40 Å². The van der Waals surface area contributed by atoms with Crippen molar-refractivity contribution in [2.75, 3.05) is 6.54 Å². The third-order valence-corrected chi connectivity index (χ3v) is 6.67. The first-order valence-corrected chi connectivity index (χ1v) is 11.5. The van der Waals surface area contributed by atoms with E-state index in [9.17, 15) is 18.0 Å². The molecule has 0 saturated heterocycles. The number of hydrogen-bond donors (Lipinski definition) is 1. The summed E-state index contributed by atoms with van der Waals surface area (Å²) in [6.45, 7) is 1.69. The number of aromatic nitrogens is 2. The number of fused-ring (bicyclic) bond motifs is 1. The van der Waals surface area contributed by atoms with Crippen molar-refractivity contribution in [1.29, 1.82) is 0 Å². The minimum Gasteiger partial charge on any atom is -0.460 e. The van der Waals surface area contributed by atoms with E-state index in [2.05, 4.69) is 9.88 Å². The van der Waals surface area contributed by atoms with Crippen LogP contribution in [0.4, 0.5) is 13.2 Å². The predicted molar refractivity (Wildman–Crippen MR) is 118 cm³/mol. The van der Waals surface area contributed by atoms with Crippen LogP contribution in [0.25, 0.3) is 11.3 Å². The van der Waals surface area contributed by atoms with Crippen LogP contribution in [0.15, 0.2) is 45.6 Å². The molecule has 1 aliphatic heterocycles. The van der Waals surface area contributed by atoms with Crippen molar-refractivity contribution < 1.29 is 17.6 Å². The quantitative estimate of drug-likeness (QED) is 0.550. The molecule has 174 valence electrons. The lowest BCUT2D eigenvalue weighted by molar-refractivity contribution is -0.137. The van der Waals surface area contributed by atoms with Crippen LogP contribution in [-0.2, 0) is 25.7 Å². The van der Waals surface area contributed by atoms with Gasteiger partial charge in [-0.3, -0.25) is 9.69 Å². The van der Waals surface area contributed by atoms with Crippen LogP contribution in [0.2, 0.25) is 0 Å². The van der Waals surface area contributed by atoms with Gasteiger partial charge in [-0.05, 0) is 37.1 Å². The van der Waals surface area contributed by atoms with Crippen LogP contribution in [0.5, 0.6) is 0 Å². The lowest BCUT2D eigenvalue weighted by Crippen LogP contribution is -2.36. The van der Waals surface area contributed by atoms with E-state index < -0.39 is 11.7 Å². The summed E-state index contributed by atoms with van der Waals surface area (Å²) >= 11 is 0. The summed E-state index contributed by atoms with van der Waals surface area (Å²) in [5.41, 5.74) is 1.21. The molecule has 1 fully saturated rings. The predicted octanol–water partition coefficient (Wildman–Crippen LogP) is 5.65. The molecule has 3 aromatic rings. The molecule has 8 heteroatoms. The Kier molecular flexibility index (Phi) is 5.86. The first-order chi connectivity index (χ1) is 15.9. The molecule has 33 heavy (non-hydrogen) atoms. The Morgan fingerprint density at radius 1 is 1.12 bits per heavy atom. The molecule has 1 saturated carbocycles. The van der Waals surface area contributed by atoms with Gasteiger partial charge in [0.25, 0.3) is 5.56 Å². The third-order valence-electron chi connectivity index (χ3n) is 6.67. The van der Waals surface area contributed by atoms with Gasteiger partial charge >= 0.3 is 6.18 Å². The van der Waals surface area contributed by atoms with E-state index in [0.717, 1.165) is 43.0 Å². The van der Waals surface area contributed by atoms with E-state index in [1.807, 2.05) is 0 Å². The smallest absolute Gasteiger partial charge is 0.416 e. The number of rotatable bonds is 4. The molecule has 0 amide bonds. The molecule has 1 N–H and O–H groups in total. The Hall–Kier alpha value is -2.87. The molecule has 1 aliphatic carbocycles. The van der Waals surface area contributed by atoms with Crippen LogP contribution in [-0.4, -0.2) is 21.4 Å². The normalized spacial score (nSPS) is 17.8. The maximum atomic E-state index is 13.0. The molecule has 2 aliphatic rings. The number of aromatic amines is 1. The average Bonchev–Trinajstić information content (AvgIpc) is 3.28. The molecule has 0 spiro atoms. The fraction of sp³-hybridized carbons (Fsp3) is 0.440. The molecular formula is C25H26F3N3O2. The van der Waals surface area contributed by atoms with Gasteiger partial charge in [0.2, 0.25) is 0 Å². The van der Waals surface area contributed by atoms with Gasteiger partial charge < -0.3 is 9.40 Å². The van der Waals surface area contributed by atoms with Gasteiger partial charge in [-0.1, -0.05) is 31.4 Å². The summed E-state index contributed by atoms with van der Waals surface area (Å²) in [5, 5.41) is 0.